The first-order chi connectivity index (χ1) is 9.33. The van der Waals surface area contributed by atoms with E-state index in [1.54, 1.807) is 6.34 Å². The van der Waals surface area contributed by atoms with Crippen LogP contribution in [0.3, 0.4) is 0 Å². The van der Waals surface area contributed by atoms with Crippen LogP contribution in [0.2, 0.25) is 0 Å². The van der Waals surface area contributed by atoms with Gasteiger partial charge in [0, 0.05) is 22.9 Å². The quantitative estimate of drug-likeness (QED) is 0.645. The molecule has 0 bridgehead atoms. The second-order valence-corrected chi connectivity index (χ2v) is 9.33. The van der Waals surface area contributed by atoms with Gasteiger partial charge in [0.05, 0.1) is 5.92 Å². The van der Waals surface area contributed by atoms with Crippen LogP contribution in [0.5, 0.6) is 0 Å². The Morgan fingerprint density at radius 3 is 1.90 bits per heavy atom. The van der Waals surface area contributed by atoms with E-state index in [1.807, 2.05) is 0 Å². The van der Waals surface area contributed by atoms with Crippen molar-refractivity contribution < 1.29 is 0 Å². The van der Waals surface area contributed by atoms with Gasteiger partial charge in [-0.15, -0.1) is 0 Å². The minimum Gasteiger partial charge on any atom is -0.350 e. The third-order valence-electron chi connectivity index (χ3n) is 4.32. The topological polar surface area (TPSA) is 28.0 Å². The van der Waals surface area contributed by atoms with Crippen LogP contribution in [0.1, 0.15) is 62.3 Å². The number of nitrogens with zero attached hydrogens (tertiary/aromatic N) is 3. The first-order valence-electron chi connectivity index (χ1n) is 7.94. The van der Waals surface area contributed by atoms with Crippen LogP contribution >= 0.6 is 0 Å². The zero-order valence-corrected chi connectivity index (χ0v) is 15.2. The maximum atomic E-state index is 4.73. The monoisotopic (exact) mass is 289 g/mol. The Morgan fingerprint density at radius 2 is 1.48 bits per heavy atom. The van der Waals surface area contributed by atoms with Crippen molar-refractivity contribution in [1.82, 2.24) is 4.90 Å². The molecule has 0 aromatic heterocycles. The summed E-state index contributed by atoms with van der Waals surface area (Å²) < 4.78 is 0. The summed E-state index contributed by atoms with van der Waals surface area (Å²) >= 11 is 0. The normalized spacial score (nSPS) is 26.6. The predicted molar refractivity (Wildman–Crippen MR) is 91.8 cm³/mol. The fourth-order valence-corrected chi connectivity index (χ4v) is 3.23. The number of hydrogen-bond donors (Lipinski definition) is 0. The summed E-state index contributed by atoms with van der Waals surface area (Å²) in [5.41, 5.74) is 2.96. The van der Waals surface area contributed by atoms with Crippen molar-refractivity contribution in [1.29, 1.82) is 0 Å². The van der Waals surface area contributed by atoms with E-state index in [0.29, 0.717) is 5.92 Å². The molecule has 0 aliphatic carbocycles. The minimum absolute atomic E-state index is 0.0631. The van der Waals surface area contributed by atoms with E-state index in [-0.39, 0.29) is 22.5 Å². The number of fused-ring (bicyclic) bond motifs is 1. The van der Waals surface area contributed by atoms with Crippen LogP contribution in [-0.4, -0.2) is 28.7 Å². The maximum absolute atomic E-state index is 4.73. The summed E-state index contributed by atoms with van der Waals surface area (Å²) in [6, 6.07) is 0. The first kappa shape index (κ1) is 16.3. The van der Waals surface area contributed by atoms with Gasteiger partial charge in [-0.25, -0.2) is 9.98 Å². The van der Waals surface area contributed by atoms with E-state index >= 15 is 0 Å². The second kappa shape index (κ2) is 4.69. The van der Waals surface area contributed by atoms with Gasteiger partial charge in [0.2, 0.25) is 0 Å². The molecule has 0 aromatic rings. The van der Waals surface area contributed by atoms with Gasteiger partial charge in [-0.2, -0.15) is 0 Å². The van der Waals surface area contributed by atoms with Crippen LogP contribution < -0.4 is 0 Å². The van der Waals surface area contributed by atoms with E-state index in [9.17, 15) is 0 Å². The Morgan fingerprint density at radius 1 is 0.905 bits per heavy atom. The van der Waals surface area contributed by atoms with Crippen LogP contribution in [-0.2, 0) is 0 Å². The Labute approximate surface area is 130 Å². The van der Waals surface area contributed by atoms with Gasteiger partial charge in [-0.05, 0) is 31.8 Å². The summed E-state index contributed by atoms with van der Waals surface area (Å²) in [7, 11) is 0. The van der Waals surface area contributed by atoms with Crippen molar-refractivity contribution in [2.75, 3.05) is 0 Å². The summed E-state index contributed by atoms with van der Waals surface area (Å²) in [5.74, 6) is 0.300. The lowest BCUT2D eigenvalue weighted by Crippen LogP contribution is -2.48. The largest absolute Gasteiger partial charge is 0.350 e. The second-order valence-electron chi connectivity index (χ2n) is 9.33. The molecular formula is C18H31N3. The standard InChI is InChI=1S/C18H31N3/c1-16(2,3)12-10-21(18(7,8)9)15-13(12)14(17(4,5)6)19-11-20-15/h10-11,13,15H,1-9H3. The van der Waals surface area contributed by atoms with Crippen LogP contribution in [0.4, 0.5) is 0 Å². The van der Waals surface area contributed by atoms with Crippen molar-refractivity contribution in [3.63, 3.8) is 0 Å². The number of aliphatic imine (C=N–C) groups is 2. The molecule has 2 atom stereocenters. The lowest BCUT2D eigenvalue weighted by molar-refractivity contribution is 0.151. The molecule has 21 heavy (non-hydrogen) atoms. The molecule has 0 saturated heterocycles. The molecule has 118 valence electrons. The van der Waals surface area contributed by atoms with Crippen LogP contribution in [0.25, 0.3) is 0 Å². The summed E-state index contributed by atoms with van der Waals surface area (Å²) in [6.45, 7) is 20.4. The molecule has 0 spiro atoms. The Balaban J connectivity index is 2.54. The Hall–Kier alpha value is -1.12. The van der Waals surface area contributed by atoms with Gasteiger partial charge in [-0.1, -0.05) is 41.5 Å². The molecule has 2 aliphatic heterocycles. The molecule has 3 heteroatoms. The highest BCUT2D eigenvalue weighted by Gasteiger charge is 2.48. The third-order valence-corrected chi connectivity index (χ3v) is 4.32. The zero-order valence-electron chi connectivity index (χ0n) is 15.2. The van der Waals surface area contributed by atoms with Gasteiger partial charge in [0.15, 0.2) is 0 Å². The Bertz CT molecular complexity index is 504. The fourth-order valence-electron chi connectivity index (χ4n) is 3.23. The molecule has 0 fully saturated rings. The SMILES string of the molecule is CC(C)(C)C1=CN(C(C)(C)C)C2N=CN=C(C(C)(C)C)C12. The van der Waals surface area contributed by atoms with E-state index in [4.69, 9.17) is 4.99 Å². The molecule has 2 rings (SSSR count). The van der Waals surface area contributed by atoms with Crippen molar-refractivity contribution in [3.8, 4) is 0 Å². The van der Waals surface area contributed by atoms with Crippen LogP contribution in [0, 0.1) is 16.7 Å². The lowest BCUT2D eigenvalue weighted by Gasteiger charge is -2.41. The maximum Gasteiger partial charge on any atom is 0.134 e. The van der Waals surface area contributed by atoms with Crippen molar-refractivity contribution in [2.45, 2.75) is 74.0 Å². The first-order valence-corrected chi connectivity index (χ1v) is 7.94. The van der Waals surface area contributed by atoms with E-state index in [0.717, 1.165) is 0 Å². The molecule has 0 saturated carbocycles. The van der Waals surface area contributed by atoms with Gasteiger partial charge < -0.3 is 4.90 Å². The zero-order chi connectivity index (χ0) is 16.2. The summed E-state index contributed by atoms with van der Waals surface area (Å²) in [4.78, 5) is 11.8. The lowest BCUT2D eigenvalue weighted by atomic mass is 9.71. The number of rotatable bonds is 0. The molecule has 2 aliphatic rings. The highest BCUT2D eigenvalue weighted by atomic mass is 15.3. The summed E-state index contributed by atoms with van der Waals surface area (Å²) in [6.07, 6.45) is 4.27. The average Bonchev–Trinajstić information content (AvgIpc) is 2.65. The van der Waals surface area contributed by atoms with E-state index in [2.05, 4.69) is 78.4 Å². The van der Waals surface area contributed by atoms with E-state index < -0.39 is 0 Å². The van der Waals surface area contributed by atoms with E-state index in [1.165, 1.54) is 11.3 Å². The van der Waals surface area contributed by atoms with Crippen LogP contribution in [0.15, 0.2) is 21.8 Å². The van der Waals surface area contributed by atoms with Gasteiger partial charge in [0.25, 0.3) is 0 Å². The number of hydrogen-bond acceptors (Lipinski definition) is 3. The fraction of sp³-hybridized carbons (Fsp3) is 0.778. The predicted octanol–water partition coefficient (Wildman–Crippen LogP) is 4.50. The minimum atomic E-state index is 0.0631. The van der Waals surface area contributed by atoms with Gasteiger partial charge >= 0.3 is 0 Å². The van der Waals surface area contributed by atoms with Crippen molar-refractivity contribution in [3.05, 3.63) is 11.8 Å². The third kappa shape index (κ3) is 2.93. The average molecular weight is 289 g/mol. The molecule has 0 amide bonds. The molecule has 2 unspecified atom stereocenters. The van der Waals surface area contributed by atoms with Gasteiger partial charge in [0.1, 0.15) is 12.5 Å². The smallest absolute Gasteiger partial charge is 0.134 e. The highest BCUT2D eigenvalue weighted by molar-refractivity contribution is 6.00. The molecule has 3 nitrogen and oxygen atoms in total. The molecule has 0 N–H and O–H groups in total. The Kier molecular flexibility index (Phi) is 3.63. The highest BCUT2D eigenvalue weighted by Crippen LogP contribution is 2.46. The molecule has 0 radical (unpaired) electrons. The molecular weight excluding hydrogens is 258 g/mol. The molecule has 0 aromatic carbocycles. The van der Waals surface area contributed by atoms with Crippen molar-refractivity contribution in [2.24, 2.45) is 26.7 Å². The van der Waals surface area contributed by atoms with Crippen molar-refractivity contribution >= 4 is 12.1 Å². The molecule has 2 heterocycles. The summed E-state index contributed by atoms with van der Waals surface area (Å²) in [5, 5.41) is 0. The van der Waals surface area contributed by atoms with Gasteiger partial charge in [-0.3, -0.25) is 0 Å².